The highest BCUT2D eigenvalue weighted by molar-refractivity contribution is 5.21. The van der Waals surface area contributed by atoms with Crippen molar-refractivity contribution in [3.05, 3.63) is 35.4 Å². The molecular formula is C11H13F5N2. The summed E-state index contributed by atoms with van der Waals surface area (Å²) in [4.78, 5) is 0. The highest BCUT2D eigenvalue weighted by atomic mass is 19.4. The van der Waals surface area contributed by atoms with Crippen molar-refractivity contribution < 1.29 is 22.0 Å². The summed E-state index contributed by atoms with van der Waals surface area (Å²) in [5, 5.41) is 0. The van der Waals surface area contributed by atoms with Gasteiger partial charge in [-0.2, -0.15) is 13.2 Å². The van der Waals surface area contributed by atoms with Gasteiger partial charge in [-0.05, 0) is 30.5 Å². The molecule has 7 heteroatoms. The summed E-state index contributed by atoms with van der Waals surface area (Å²) in [6.45, 7) is 0. The van der Waals surface area contributed by atoms with Crippen LogP contribution in [0, 0.1) is 11.6 Å². The number of nitrogens with two attached hydrogens (primary N) is 1. The molecule has 0 fully saturated rings. The lowest BCUT2D eigenvalue weighted by atomic mass is 10.0. The van der Waals surface area contributed by atoms with Crippen LogP contribution in [0.3, 0.4) is 0 Å². The van der Waals surface area contributed by atoms with Crippen molar-refractivity contribution in [2.24, 2.45) is 5.84 Å². The Labute approximate surface area is 101 Å². The number of hydrogen-bond acceptors (Lipinski definition) is 2. The van der Waals surface area contributed by atoms with Gasteiger partial charge in [0.15, 0.2) is 11.6 Å². The van der Waals surface area contributed by atoms with Crippen LogP contribution in [-0.2, 0) is 0 Å². The summed E-state index contributed by atoms with van der Waals surface area (Å²) < 4.78 is 61.6. The van der Waals surface area contributed by atoms with Gasteiger partial charge in [0, 0.05) is 12.5 Å². The van der Waals surface area contributed by atoms with Crippen molar-refractivity contribution in [1.29, 1.82) is 0 Å². The molecule has 1 atom stereocenters. The Morgan fingerprint density at radius 3 is 2.33 bits per heavy atom. The third-order valence-electron chi connectivity index (χ3n) is 2.50. The van der Waals surface area contributed by atoms with E-state index in [0.717, 1.165) is 12.1 Å². The van der Waals surface area contributed by atoms with E-state index < -0.39 is 30.3 Å². The second kappa shape index (κ2) is 6.10. The molecule has 0 bridgehead atoms. The minimum Gasteiger partial charge on any atom is -0.271 e. The third-order valence-corrected chi connectivity index (χ3v) is 2.50. The molecule has 3 N–H and O–H groups in total. The van der Waals surface area contributed by atoms with Gasteiger partial charge in [-0.25, -0.2) is 8.78 Å². The molecule has 0 aromatic heterocycles. The van der Waals surface area contributed by atoms with Gasteiger partial charge in [-0.3, -0.25) is 11.3 Å². The molecule has 0 spiro atoms. The second-order valence-electron chi connectivity index (χ2n) is 3.90. The first-order chi connectivity index (χ1) is 8.33. The number of nitrogens with one attached hydrogen (secondary N) is 1. The number of halogens is 5. The maximum Gasteiger partial charge on any atom is 0.389 e. The third kappa shape index (κ3) is 4.58. The monoisotopic (exact) mass is 268 g/mol. The first kappa shape index (κ1) is 14.8. The van der Waals surface area contributed by atoms with Crippen LogP contribution in [0.2, 0.25) is 0 Å². The second-order valence-corrected chi connectivity index (χ2v) is 3.90. The molecule has 1 unspecified atom stereocenters. The van der Waals surface area contributed by atoms with Gasteiger partial charge in [0.2, 0.25) is 0 Å². The zero-order valence-corrected chi connectivity index (χ0v) is 9.40. The van der Waals surface area contributed by atoms with E-state index in [1.54, 1.807) is 0 Å². The number of alkyl halides is 3. The molecule has 1 rings (SSSR count). The van der Waals surface area contributed by atoms with Gasteiger partial charge < -0.3 is 0 Å². The zero-order valence-electron chi connectivity index (χ0n) is 9.40. The van der Waals surface area contributed by atoms with Crippen LogP contribution >= 0.6 is 0 Å². The summed E-state index contributed by atoms with van der Waals surface area (Å²) in [6.07, 6.45) is -5.22. The maximum absolute atomic E-state index is 13.0. The summed E-state index contributed by atoms with van der Waals surface area (Å²) in [7, 11) is 0. The molecule has 0 radical (unpaired) electrons. The lowest BCUT2D eigenvalue weighted by Crippen LogP contribution is -2.28. The highest BCUT2D eigenvalue weighted by Crippen LogP contribution is 2.26. The Bertz CT molecular complexity index is 392. The molecule has 2 nitrogen and oxygen atoms in total. The van der Waals surface area contributed by atoms with Crippen molar-refractivity contribution in [2.75, 3.05) is 0 Å². The topological polar surface area (TPSA) is 38.0 Å². The normalized spacial score (nSPS) is 13.7. The Balaban J connectivity index is 2.63. The minimum absolute atomic E-state index is 0.0844. The molecule has 0 amide bonds. The quantitative estimate of drug-likeness (QED) is 0.489. The van der Waals surface area contributed by atoms with E-state index in [1.807, 2.05) is 0 Å². The Kier molecular flexibility index (Phi) is 5.03. The van der Waals surface area contributed by atoms with Crippen molar-refractivity contribution in [3.63, 3.8) is 0 Å². The van der Waals surface area contributed by atoms with Gasteiger partial charge >= 0.3 is 6.18 Å². The van der Waals surface area contributed by atoms with E-state index in [2.05, 4.69) is 5.43 Å². The largest absolute Gasteiger partial charge is 0.389 e. The fraction of sp³-hybridized carbons (Fsp3) is 0.455. The fourth-order valence-electron chi connectivity index (χ4n) is 1.58. The SMILES string of the molecule is NNC(CCCC(F)(F)F)c1ccc(F)c(F)c1. The number of hydrazine groups is 1. The molecule has 102 valence electrons. The van der Waals surface area contributed by atoms with Gasteiger partial charge in [0.05, 0.1) is 0 Å². The molecule has 1 aromatic rings. The molecule has 0 aliphatic rings. The number of rotatable bonds is 5. The van der Waals surface area contributed by atoms with Gasteiger partial charge in [-0.15, -0.1) is 0 Å². The van der Waals surface area contributed by atoms with Crippen molar-refractivity contribution in [1.82, 2.24) is 5.43 Å². The average Bonchev–Trinajstić information content (AvgIpc) is 2.27. The lowest BCUT2D eigenvalue weighted by molar-refractivity contribution is -0.135. The predicted octanol–water partition coefficient (Wildman–Crippen LogP) is 3.20. The Morgan fingerprint density at radius 1 is 1.17 bits per heavy atom. The van der Waals surface area contributed by atoms with Crippen LogP contribution in [-0.4, -0.2) is 6.18 Å². The first-order valence-corrected chi connectivity index (χ1v) is 5.31. The predicted molar refractivity (Wildman–Crippen MR) is 56.3 cm³/mol. The number of benzene rings is 1. The van der Waals surface area contributed by atoms with E-state index in [-0.39, 0.29) is 12.8 Å². The van der Waals surface area contributed by atoms with Crippen molar-refractivity contribution in [2.45, 2.75) is 31.5 Å². The van der Waals surface area contributed by atoms with Crippen molar-refractivity contribution >= 4 is 0 Å². The van der Waals surface area contributed by atoms with E-state index in [1.165, 1.54) is 6.07 Å². The standard InChI is InChI=1S/C11H13F5N2/c12-8-4-3-7(6-9(8)13)10(18-17)2-1-5-11(14,15)16/h3-4,6,10,18H,1-2,5,17H2. The van der Waals surface area contributed by atoms with E-state index in [0.29, 0.717) is 5.56 Å². The molecule has 1 aromatic carbocycles. The Morgan fingerprint density at radius 2 is 1.83 bits per heavy atom. The summed E-state index contributed by atoms with van der Waals surface area (Å²) in [5.41, 5.74) is 2.61. The van der Waals surface area contributed by atoms with Crippen LogP contribution in [0.15, 0.2) is 18.2 Å². The smallest absolute Gasteiger partial charge is 0.271 e. The average molecular weight is 268 g/mol. The summed E-state index contributed by atoms with van der Waals surface area (Å²) >= 11 is 0. The van der Waals surface area contributed by atoms with Gasteiger partial charge in [0.1, 0.15) is 0 Å². The highest BCUT2D eigenvalue weighted by Gasteiger charge is 2.26. The molecule has 0 heterocycles. The summed E-state index contributed by atoms with van der Waals surface area (Å²) in [5.74, 6) is 3.13. The van der Waals surface area contributed by atoms with Crippen LogP contribution < -0.4 is 11.3 Å². The zero-order chi connectivity index (χ0) is 13.8. The van der Waals surface area contributed by atoms with Gasteiger partial charge in [-0.1, -0.05) is 6.07 Å². The van der Waals surface area contributed by atoms with E-state index >= 15 is 0 Å². The molecular weight excluding hydrogens is 255 g/mol. The molecule has 0 aliphatic heterocycles. The molecule has 0 aliphatic carbocycles. The van der Waals surface area contributed by atoms with Gasteiger partial charge in [0.25, 0.3) is 0 Å². The van der Waals surface area contributed by atoms with Crippen molar-refractivity contribution in [3.8, 4) is 0 Å². The first-order valence-electron chi connectivity index (χ1n) is 5.31. The van der Waals surface area contributed by atoms with Crippen LogP contribution in [0.1, 0.15) is 30.9 Å². The lowest BCUT2D eigenvalue weighted by Gasteiger charge is -2.17. The maximum atomic E-state index is 13.0. The van der Waals surface area contributed by atoms with Crippen LogP contribution in [0.25, 0.3) is 0 Å². The van der Waals surface area contributed by atoms with E-state index in [4.69, 9.17) is 5.84 Å². The Hall–Kier alpha value is -1.21. The molecule has 0 saturated heterocycles. The summed E-state index contributed by atoms with van der Waals surface area (Å²) in [6, 6.07) is 2.49. The fourth-order valence-corrected chi connectivity index (χ4v) is 1.58. The van der Waals surface area contributed by atoms with Crippen LogP contribution in [0.5, 0.6) is 0 Å². The van der Waals surface area contributed by atoms with Crippen LogP contribution in [0.4, 0.5) is 22.0 Å². The number of hydrogen-bond donors (Lipinski definition) is 2. The molecule has 18 heavy (non-hydrogen) atoms. The van der Waals surface area contributed by atoms with E-state index in [9.17, 15) is 22.0 Å². The molecule has 0 saturated carbocycles. The minimum atomic E-state index is -4.23.